The third-order valence-corrected chi connectivity index (χ3v) is 3.88. The van der Waals surface area contributed by atoms with Crippen LogP contribution in [0, 0.1) is 0 Å². The molecule has 21 heavy (non-hydrogen) atoms. The Bertz CT molecular complexity index is 476. The van der Waals surface area contributed by atoms with E-state index in [0.29, 0.717) is 12.5 Å². The lowest BCUT2D eigenvalue weighted by atomic mass is 10.0. The number of nitrogens with one attached hydrogen (secondary N) is 2. The van der Waals surface area contributed by atoms with Gasteiger partial charge in [0.15, 0.2) is 0 Å². The zero-order chi connectivity index (χ0) is 15.1. The molecular weight excluding hydrogens is 266 g/mol. The van der Waals surface area contributed by atoms with Crippen LogP contribution in [0.15, 0.2) is 30.3 Å². The molecule has 2 rings (SSSR count). The molecule has 114 valence electrons. The second-order valence-electron chi connectivity index (χ2n) is 5.34. The van der Waals surface area contributed by atoms with Gasteiger partial charge >= 0.3 is 6.03 Å². The quantitative estimate of drug-likeness (QED) is 0.872. The monoisotopic (exact) mass is 289 g/mol. The van der Waals surface area contributed by atoms with Crippen LogP contribution in [0.5, 0.6) is 0 Å². The number of rotatable bonds is 5. The molecule has 1 heterocycles. The second-order valence-corrected chi connectivity index (χ2v) is 5.34. The molecule has 1 aliphatic heterocycles. The third-order valence-electron chi connectivity index (χ3n) is 3.88. The van der Waals surface area contributed by atoms with Gasteiger partial charge in [-0.3, -0.25) is 15.0 Å². The Morgan fingerprint density at radius 1 is 1.29 bits per heavy atom. The molecule has 0 radical (unpaired) electrons. The number of urea groups is 1. The lowest BCUT2D eigenvalue weighted by Crippen LogP contribution is -2.37. The first-order valence-corrected chi connectivity index (χ1v) is 7.51. The van der Waals surface area contributed by atoms with Crippen LogP contribution in [-0.4, -0.2) is 37.0 Å². The summed E-state index contributed by atoms with van der Waals surface area (Å²) >= 11 is 0. The highest BCUT2D eigenvalue weighted by molar-refractivity contribution is 5.94. The normalized spacial score (nSPS) is 18.4. The van der Waals surface area contributed by atoms with E-state index in [4.69, 9.17) is 0 Å². The summed E-state index contributed by atoms with van der Waals surface area (Å²) < 4.78 is 0. The van der Waals surface area contributed by atoms with Gasteiger partial charge in [-0.25, -0.2) is 4.79 Å². The first-order chi connectivity index (χ1) is 10.2. The first-order valence-electron chi connectivity index (χ1n) is 7.51. The lowest BCUT2D eigenvalue weighted by Gasteiger charge is -2.24. The Labute approximate surface area is 125 Å². The van der Waals surface area contributed by atoms with E-state index in [-0.39, 0.29) is 5.91 Å². The number of likely N-dealkylation sites (tertiary alicyclic amines) is 1. The standard InChI is InChI=1S/C16H23N3O2/c1-17-16(21)18-15(20)10-6-12-19-11-5-9-14(19)13-7-3-2-4-8-13/h2-4,7-8,14H,5-6,9-12H2,1H3,(H2,17,18,20,21)/t14-/m1/s1. The van der Waals surface area contributed by atoms with E-state index in [2.05, 4.69) is 39.8 Å². The summed E-state index contributed by atoms with van der Waals surface area (Å²) in [6.07, 6.45) is 3.52. The molecular formula is C16H23N3O2. The average molecular weight is 289 g/mol. The van der Waals surface area contributed by atoms with E-state index in [0.717, 1.165) is 19.5 Å². The average Bonchev–Trinajstić information content (AvgIpc) is 2.96. The number of imide groups is 1. The molecule has 0 spiro atoms. The van der Waals surface area contributed by atoms with Gasteiger partial charge in [0.05, 0.1) is 0 Å². The molecule has 2 N–H and O–H groups in total. The highest BCUT2D eigenvalue weighted by Crippen LogP contribution is 2.31. The summed E-state index contributed by atoms with van der Waals surface area (Å²) in [6, 6.07) is 10.5. The van der Waals surface area contributed by atoms with E-state index in [9.17, 15) is 9.59 Å². The van der Waals surface area contributed by atoms with Crippen LogP contribution in [0.25, 0.3) is 0 Å². The summed E-state index contributed by atoms with van der Waals surface area (Å²) in [5.41, 5.74) is 1.35. The smallest absolute Gasteiger partial charge is 0.321 e. The predicted molar refractivity (Wildman–Crippen MR) is 81.8 cm³/mol. The van der Waals surface area contributed by atoms with Gasteiger partial charge in [0.25, 0.3) is 0 Å². The molecule has 1 fully saturated rings. The maximum Gasteiger partial charge on any atom is 0.321 e. The van der Waals surface area contributed by atoms with Crippen molar-refractivity contribution in [1.29, 1.82) is 0 Å². The van der Waals surface area contributed by atoms with Crippen LogP contribution in [-0.2, 0) is 4.79 Å². The van der Waals surface area contributed by atoms with Crippen molar-refractivity contribution in [1.82, 2.24) is 15.5 Å². The van der Waals surface area contributed by atoms with E-state index in [1.54, 1.807) is 0 Å². The summed E-state index contributed by atoms with van der Waals surface area (Å²) in [5, 5.41) is 4.67. The van der Waals surface area contributed by atoms with Crippen LogP contribution >= 0.6 is 0 Å². The molecule has 0 aliphatic carbocycles. The zero-order valence-electron chi connectivity index (χ0n) is 12.5. The van der Waals surface area contributed by atoms with Crippen LogP contribution in [0.1, 0.15) is 37.3 Å². The van der Waals surface area contributed by atoms with Gasteiger partial charge < -0.3 is 5.32 Å². The SMILES string of the molecule is CNC(=O)NC(=O)CCCN1CCC[C@@H]1c1ccccc1. The van der Waals surface area contributed by atoms with Crippen molar-refractivity contribution in [3.8, 4) is 0 Å². The molecule has 0 saturated carbocycles. The minimum Gasteiger partial charge on any atom is -0.341 e. The number of nitrogens with zero attached hydrogens (tertiary/aromatic N) is 1. The molecule has 0 bridgehead atoms. The molecule has 5 nitrogen and oxygen atoms in total. The summed E-state index contributed by atoms with van der Waals surface area (Å²) in [7, 11) is 1.50. The van der Waals surface area contributed by atoms with Crippen molar-refractivity contribution in [2.75, 3.05) is 20.1 Å². The number of hydrogen-bond donors (Lipinski definition) is 2. The third kappa shape index (κ3) is 4.56. The molecule has 1 aliphatic rings. The Balaban J connectivity index is 1.77. The van der Waals surface area contributed by atoms with Crippen molar-refractivity contribution in [3.63, 3.8) is 0 Å². The van der Waals surface area contributed by atoms with Crippen LogP contribution in [0.2, 0.25) is 0 Å². The second kappa shape index (κ2) is 7.78. The summed E-state index contributed by atoms with van der Waals surface area (Å²) in [6.45, 7) is 1.97. The molecule has 1 aromatic rings. The van der Waals surface area contributed by atoms with Gasteiger partial charge in [-0.15, -0.1) is 0 Å². The van der Waals surface area contributed by atoms with Gasteiger partial charge in [0.2, 0.25) is 5.91 Å². The molecule has 3 amide bonds. The number of amides is 3. The molecule has 0 unspecified atom stereocenters. The zero-order valence-corrected chi connectivity index (χ0v) is 12.5. The lowest BCUT2D eigenvalue weighted by molar-refractivity contribution is -0.120. The largest absolute Gasteiger partial charge is 0.341 e. The van der Waals surface area contributed by atoms with Crippen LogP contribution in [0.4, 0.5) is 4.79 Å². The Kier molecular flexibility index (Phi) is 5.75. The topological polar surface area (TPSA) is 61.4 Å². The number of hydrogen-bond acceptors (Lipinski definition) is 3. The van der Waals surface area contributed by atoms with Gasteiger partial charge in [0.1, 0.15) is 0 Å². The van der Waals surface area contributed by atoms with Crippen molar-refractivity contribution in [2.45, 2.75) is 31.7 Å². The molecule has 0 aromatic heterocycles. The van der Waals surface area contributed by atoms with Crippen molar-refractivity contribution >= 4 is 11.9 Å². The minimum atomic E-state index is -0.441. The summed E-state index contributed by atoms with van der Waals surface area (Å²) in [4.78, 5) is 25.0. The van der Waals surface area contributed by atoms with Gasteiger partial charge in [0, 0.05) is 19.5 Å². The number of benzene rings is 1. The fourth-order valence-electron chi connectivity index (χ4n) is 2.84. The Hall–Kier alpha value is -1.88. The van der Waals surface area contributed by atoms with E-state index < -0.39 is 6.03 Å². The highest BCUT2D eigenvalue weighted by Gasteiger charge is 2.25. The van der Waals surface area contributed by atoms with Gasteiger partial charge in [-0.2, -0.15) is 0 Å². The van der Waals surface area contributed by atoms with Crippen molar-refractivity contribution in [3.05, 3.63) is 35.9 Å². The fourth-order valence-corrected chi connectivity index (χ4v) is 2.84. The number of carbonyl (C=O) groups is 2. The Morgan fingerprint density at radius 2 is 2.05 bits per heavy atom. The van der Waals surface area contributed by atoms with Crippen LogP contribution in [0.3, 0.4) is 0 Å². The minimum absolute atomic E-state index is 0.218. The van der Waals surface area contributed by atoms with Crippen molar-refractivity contribution in [2.24, 2.45) is 0 Å². The maximum atomic E-state index is 11.5. The Morgan fingerprint density at radius 3 is 2.76 bits per heavy atom. The molecule has 1 aromatic carbocycles. The molecule has 1 saturated heterocycles. The van der Waals surface area contributed by atoms with E-state index >= 15 is 0 Å². The van der Waals surface area contributed by atoms with Gasteiger partial charge in [-0.05, 0) is 37.9 Å². The first kappa shape index (κ1) is 15.5. The maximum absolute atomic E-state index is 11.5. The van der Waals surface area contributed by atoms with Crippen molar-refractivity contribution < 1.29 is 9.59 Å². The molecule has 5 heteroatoms. The number of carbonyl (C=O) groups excluding carboxylic acids is 2. The van der Waals surface area contributed by atoms with E-state index in [1.165, 1.54) is 25.5 Å². The van der Waals surface area contributed by atoms with Gasteiger partial charge in [-0.1, -0.05) is 30.3 Å². The van der Waals surface area contributed by atoms with E-state index in [1.807, 2.05) is 6.07 Å². The van der Waals surface area contributed by atoms with Crippen LogP contribution < -0.4 is 10.6 Å². The molecule has 1 atom stereocenters. The predicted octanol–water partition coefficient (Wildman–Crippen LogP) is 2.06. The highest BCUT2D eigenvalue weighted by atomic mass is 16.2. The summed E-state index contributed by atoms with van der Waals surface area (Å²) in [5.74, 6) is -0.218. The fraction of sp³-hybridized carbons (Fsp3) is 0.500.